The van der Waals surface area contributed by atoms with Crippen molar-refractivity contribution in [2.45, 2.75) is 13.5 Å². The lowest BCUT2D eigenvalue weighted by Gasteiger charge is -2.21. The van der Waals surface area contributed by atoms with Crippen molar-refractivity contribution in [3.05, 3.63) is 57.6 Å². The number of ether oxygens (including phenoxy) is 1. The highest BCUT2D eigenvalue weighted by Gasteiger charge is 2.24. The molecular formula is C17H14BrNO4. The van der Waals surface area contributed by atoms with Gasteiger partial charge in [-0.2, -0.15) is 0 Å². The predicted octanol–water partition coefficient (Wildman–Crippen LogP) is 3.38. The van der Waals surface area contributed by atoms with Crippen LogP contribution in [0.5, 0.6) is 5.75 Å². The van der Waals surface area contributed by atoms with Gasteiger partial charge in [0.2, 0.25) is 0 Å². The maximum atomic E-state index is 12.4. The molecule has 0 spiro atoms. The number of carboxylic acid groups (broad SMARTS) is 1. The number of carbonyl (C=O) groups excluding carboxylic acids is 1. The molecule has 0 fully saturated rings. The van der Waals surface area contributed by atoms with Crippen molar-refractivity contribution >= 4 is 33.5 Å². The third-order valence-corrected chi connectivity index (χ3v) is 4.63. The van der Waals surface area contributed by atoms with Gasteiger partial charge in [0.05, 0.1) is 12.1 Å². The van der Waals surface area contributed by atoms with Crippen molar-refractivity contribution in [2.24, 2.45) is 0 Å². The van der Waals surface area contributed by atoms with Crippen LogP contribution in [0.4, 0.5) is 5.69 Å². The summed E-state index contributed by atoms with van der Waals surface area (Å²) in [5, 5.41) is 9.13. The normalized spacial score (nSPS) is 14.0. The predicted molar refractivity (Wildman–Crippen MR) is 89.0 cm³/mol. The summed E-state index contributed by atoms with van der Waals surface area (Å²) in [6, 6.07) is 10.3. The first-order valence-corrected chi connectivity index (χ1v) is 7.80. The quantitative estimate of drug-likeness (QED) is 0.873. The number of anilines is 1. The Balaban J connectivity index is 2.01. The third kappa shape index (κ3) is 3.07. The first kappa shape index (κ1) is 15.6. The summed E-state index contributed by atoms with van der Waals surface area (Å²) in [5.74, 6) is -0.631. The molecule has 2 aromatic carbocycles. The smallest absolute Gasteiger partial charge is 0.335 e. The summed E-state index contributed by atoms with van der Waals surface area (Å²) in [6.45, 7) is 2.15. The second-order valence-electron chi connectivity index (χ2n) is 5.33. The molecule has 0 unspecified atom stereocenters. The van der Waals surface area contributed by atoms with E-state index in [0.29, 0.717) is 11.3 Å². The molecule has 0 saturated heterocycles. The van der Waals surface area contributed by atoms with Crippen molar-refractivity contribution in [1.29, 1.82) is 0 Å². The Labute approximate surface area is 141 Å². The number of halogens is 1. The molecule has 0 saturated carbocycles. The molecule has 6 heteroatoms. The van der Waals surface area contributed by atoms with Crippen LogP contribution in [0, 0.1) is 6.92 Å². The highest BCUT2D eigenvalue weighted by Crippen LogP contribution is 2.29. The van der Waals surface area contributed by atoms with Crippen molar-refractivity contribution < 1.29 is 19.4 Å². The van der Waals surface area contributed by atoms with E-state index in [1.54, 1.807) is 17.0 Å². The van der Waals surface area contributed by atoms with Crippen LogP contribution in [0.3, 0.4) is 0 Å². The summed E-state index contributed by atoms with van der Waals surface area (Å²) in [6.07, 6.45) is 0. The van der Waals surface area contributed by atoms with E-state index in [1.807, 2.05) is 25.1 Å². The molecule has 0 atom stereocenters. The molecule has 1 aliphatic rings. The third-order valence-electron chi connectivity index (χ3n) is 3.74. The number of hydrogen-bond donors (Lipinski definition) is 1. The maximum Gasteiger partial charge on any atom is 0.335 e. The van der Waals surface area contributed by atoms with Crippen molar-refractivity contribution in [3.8, 4) is 5.75 Å². The number of benzene rings is 2. The first-order valence-electron chi connectivity index (χ1n) is 7.01. The van der Waals surface area contributed by atoms with Crippen LogP contribution in [-0.4, -0.2) is 23.6 Å². The number of carboxylic acids is 1. The van der Waals surface area contributed by atoms with Gasteiger partial charge in [-0.15, -0.1) is 0 Å². The second-order valence-corrected chi connectivity index (χ2v) is 6.18. The van der Waals surface area contributed by atoms with E-state index in [0.717, 1.165) is 15.7 Å². The molecular weight excluding hydrogens is 362 g/mol. The molecule has 3 rings (SSSR count). The second kappa shape index (κ2) is 6.04. The van der Waals surface area contributed by atoms with Crippen molar-refractivity contribution in [3.63, 3.8) is 0 Å². The maximum absolute atomic E-state index is 12.4. The van der Waals surface area contributed by atoms with Gasteiger partial charge in [0.1, 0.15) is 5.75 Å². The molecule has 0 radical (unpaired) electrons. The Morgan fingerprint density at radius 3 is 2.74 bits per heavy atom. The number of rotatable bonds is 2. The molecule has 23 heavy (non-hydrogen) atoms. The van der Waals surface area contributed by atoms with Crippen LogP contribution in [0.2, 0.25) is 0 Å². The summed E-state index contributed by atoms with van der Waals surface area (Å²) in [7, 11) is 0. The Morgan fingerprint density at radius 2 is 2.04 bits per heavy atom. The van der Waals surface area contributed by atoms with E-state index < -0.39 is 5.97 Å². The van der Waals surface area contributed by atoms with Crippen molar-refractivity contribution in [2.75, 3.05) is 11.5 Å². The first-order chi connectivity index (χ1) is 11.0. The van der Waals surface area contributed by atoms with Crippen LogP contribution in [0.1, 0.15) is 21.5 Å². The highest BCUT2D eigenvalue weighted by atomic mass is 79.9. The van der Waals surface area contributed by atoms with E-state index in [4.69, 9.17) is 9.84 Å². The molecule has 1 aliphatic heterocycles. The number of aromatic carboxylic acids is 1. The topological polar surface area (TPSA) is 66.8 Å². The zero-order chi connectivity index (χ0) is 16.6. The molecule has 1 heterocycles. The summed E-state index contributed by atoms with van der Waals surface area (Å²) in [5.41, 5.74) is 2.62. The Morgan fingerprint density at radius 1 is 1.26 bits per heavy atom. The lowest BCUT2D eigenvalue weighted by molar-refractivity contribution is -0.120. The van der Waals surface area contributed by atoms with Crippen molar-refractivity contribution in [1.82, 2.24) is 0 Å². The molecule has 118 valence electrons. The van der Waals surface area contributed by atoms with E-state index in [1.165, 1.54) is 6.07 Å². The van der Waals surface area contributed by atoms with Crippen LogP contribution >= 0.6 is 15.9 Å². The minimum absolute atomic E-state index is 0.0749. The molecule has 1 N–H and O–H groups in total. The van der Waals surface area contributed by atoms with Gasteiger partial charge in [-0.1, -0.05) is 15.9 Å². The number of carbonyl (C=O) groups is 2. The van der Waals surface area contributed by atoms with Gasteiger partial charge in [-0.05, 0) is 48.9 Å². The van der Waals surface area contributed by atoms with Gasteiger partial charge in [0, 0.05) is 15.7 Å². The average Bonchev–Trinajstić information content (AvgIpc) is 2.69. The Bertz CT molecular complexity index is 803. The van der Waals surface area contributed by atoms with Crippen LogP contribution in [0.25, 0.3) is 0 Å². The SMILES string of the molecule is Cc1cc(N2Cc3cc(C(=O)O)ccc3OCC2=O)ccc1Br. The van der Waals surface area contributed by atoms with E-state index >= 15 is 0 Å². The standard InChI is InChI=1S/C17H14BrNO4/c1-10-6-13(3-4-14(10)18)19-8-12-7-11(17(21)22)2-5-15(12)23-9-16(19)20/h2-7H,8-9H2,1H3,(H,21,22). The molecule has 0 aliphatic carbocycles. The Hall–Kier alpha value is -2.34. The number of fused-ring (bicyclic) bond motifs is 1. The van der Waals surface area contributed by atoms with Gasteiger partial charge < -0.3 is 14.7 Å². The van der Waals surface area contributed by atoms with Gasteiger partial charge in [-0.25, -0.2) is 4.79 Å². The fourth-order valence-corrected chi connectivity index (χ4v) is 2.73. The van der Waals surface area contributed by atoms with Gasteiger partial charge in [0.25, 0.3) is 5.91 Å². The zero-order valence-electron chi connectivity index (χ0n) is 12.4. The number of amides is 1. The monoisotopic (exact) mass is 375 g/mol. The van der Waals surface area contributed by atoms with Crippen LogP contribution in [-0.2, 0) is 11.3 Å². The van der Waals surface area contributed by atoms with Gasteiger partial charge in [0.15, 0.2) is 6.61 Å². The lowest BCUT2D eigenvalue weighted by atomic mass is 10.1. The largest absolute Gasteiger partial charge is 0.483 e. The Kier molecular flexibility index (Phi) is 4.09. The number of nitrogens with zero attached hydrogens (tertiary/aromatic N) is 1. The summed E-state index contributed by atoms with van der Waals surface area (Å²) in [4.78, 5) is 25.1. The lowest BCUT2D eigenvalue weighted by Crippen LogP contribution is -2.32. The fourth-order valence-electron chi connectivity index (χ4n) is 2.48. The van der Waals surface area contributed by atoms with Gasteiger partial charge >= 0.3 is 5.97 Å². The molecule has 2 aromatic rings. The summed E-state index contributed by atoms with van der Waals surface area (Å²) >= 11 is 3.44. The molecule has 0 bridgehead atoms. The van der Waals surface area contributed by atoms with E-state index in [-0.39, 0.29) is 24.6 Å². The fraction of sp³-hybridized carbons (Fsp3) is 0.176. The van der Waals surface area contributed by atoms with E-state index in [2.05, 4.69) is 15.9 Å². The highest BCUT2D eigenvalue weighted by molar-refractivity contribution is 9.10. The molecule has 5 nitrogen and oxygen atoms in total. The number of aryl methyl sites for hydroxylation is 1. The summed E-state index contributed by atoms with van der Waals surface area (Å²) < 4.78 is 6.47. The molecule has 1 amide bonds. The zero-order valence-corrected chi connectivity index (χ0v) is 14.0. The minimum Gasteiger partial charge on any atom is -0.483 e. The molecule has 0 aromatic heterocycles. The number of hydrogen-bond acceptors (Lipinski definition) is 3. The van der Waals surface area contributed by atoms with Gasteiger partial charge in [-0.3, -0.25) is 4.79 Å². The van der Waals surface area contributed by atoms with Crippen LogP contribution in [0.15, 0.2) is 40.9 Å². The minimum atomic E-state index is -1.01. The van der Waals surface area contributed by atoms with Crippen LogP contribution < -0.4 is 9.64 Å². The van der Waals surface area contributed by atoms with E-state index in [9.17, 15) is 9.59 Å². The average molecular weight is 376 g/mol.